The summed E-state index contributed by atoms with van der Waals surface area (Å²) in [6.45, 7) is 5.72. The van der Waals surface area contributed by atoms with Crippen LogP contribution in [0.3, 0.4) is 0 Å². The number of rotatable bonds is 2. The lowest BCUT2D eigenvalue weighted by molar-refractivity contribution is -0.129. The number of amides is 1. The number of halogens is 2. The van der Waals surface area contributed by atoms with Crippen LogP contribution in [0.15, 0.2) is 41.7 Å². The molecule has 2 unspecified atom stereocenters. The number of carbonyl (C=O) groups excluding carboxylic acids is 1. The maximum atomic E-state index is 13.5. The molecule has 1 saturated heterocycles. The van der Waals surface area contributed by atoms with Crippen molar-refractivity contribution in [1.29, 1.82) is 0 Å². The SMILES string of the molecule is CC1=C(C(=O)N2CCCC(C)C2)C(c2ccc(Cl)c(Cl)c2)n2nccc2N1. The van der Waals surface area contributed by atoms with E-state index >= 15 is 0 Å². The van der Waals surface area contributed by atoms with E-state index in [2.05, 4.69) is 17.3 Å². The van der Waals surface area contributed by atoms with Crippen LogP contribution < -0.4 is 5.32 Å². The molecule has 3 heterocycles. The van der Waals surface area contributed by atoms with E-state index in [1.165, 1.54) is 6.42 Å². The fraction of sp³-hybridized carbons (Fsp3) is 0.400. The summed E-state index contributed by atoms with van der Waals surface area (Å²) in [5.41, 5.74) is 2.45. The van der Waals surface area contributed by atoms with Gasteiger partial charge in [-0.1, -0.05) is 36.2 Å². The van der Waals surface area contributed by atoms with Crippen LogP contribution in [0.4, 0.5) is 5.82 Å². The molecule has 0 radical (unpaired) electrons. The van der Waals surface area contributed by atoms with Gasteiger partial charge in [-0.25, -0.2) is 4.68 Å². The molecule has 2 aliphatic rings. The van der Waals surface area contributed by atoms with Crippen LogP contribution in [-0.2, 0) is 4.79 Å². The predicted octanol–water partition coefficient (Wildman–Crippen LogP) is 4.74. The van der Waals surface area contributed by atoms with Gasteiger partial charge in [0.15, 0.2) is 0 Å². The standard InChI is InChI=1S/C20H22Cl2N4O/c1-12-4-3-9-25(11-12)20(27)18-13(2)24-17-7-8-23-26(17)19(18)14-5-6-15(21)16(22)10-14/h5-8,10,12,19,24H,3-4,9,11H2,1-2H3. The van der Waals surface area contributed by atoms with Crippen molar-refractivity contribution in [2.24, 2.45) is 5.92 Å². The van der Waals surface area contributed by atoms with Crippen molar-refractivity contribution in [1.82, 2.24) is 14.7 Å². The number of hydrogen-bond acceptors (Lipinski definition) is 3. The number of aromatic nitrogens is 2. The van der Waals surface area contributed by atoms with E-state index < -0.39 is 0 Å². The summed E-state index contributed by atoms with van der Waals surface area (Å²) in [4.78, 5) is 15.5. The van der Waals surface area contributed by atoms with Crippen molar-refractivity contribution in [3.63, 3.8) is 0 Å². The predicted molar refractivity (Wildman–Crippen MR) is 108 cm³/mol. The summed E-state index contributed by atoms with van der Waals surface area (Å²) in [7, 11) is 0. The largest absolute Gasteiger partial charge is 0.344 e. The van der Waals surface area contributed by atoms with E-state index in [0.717, 1.165) is 36.6 Å². The molecule has 0 aliphatic carbocycles. The molecule has 2 aromatic rings. The first-order valence-corrected chi connectivity index (χ1v) is 9.97. The van der Waals surface area contributed by atoms with Gasteiger partial charge in [0, 0.05) is 24.9 Å². The number of nitrogens with zero attached hydrogens (tertiary/aromatic N) is 3. The molecule has 27 heavy (non-hydrogen) atoms. The molecule has 7 heteroatoms. The number of anilines is 1. The summed E-state index contributed by atoms with van der Waals surface area (Å²) in [5, 5.41) is 8.75. The molecular formula is C20H22Cl2N4O. The minimum absolute atomic E-state index is 0.0590. The van der Waals surface area contributed by atoms with Crippen LogP contribution >= 0.6 is 23.2 Å². The van der Waals surface area contributed by atoms with Crippen molar-refractivity contribution in [2.45, 2.75) is 32.7 Å². The topological polar surface area (TPSA) is 50.2 Å². The molecule has 1 aromatic carbocycles. The van der Waals surface area contributed by atoms with Crippen LogP contribution in [0.25, 0.3) is 0 Å². The molecular weight excluding hydrogens is 383 g/mol. The Morgan fingerprint density at radius 1 is 1.26 bits per heavy atom. The second-order valence-electron chi connectivity index (χ2n) is 7.40. The Balaban J connectivity index is 1.79. The highest BCUT2D eigenvalue weighted by atomic mass is 35.5. The van der Waals surface area contributed by atoms with E-state index in [-0.39, 0.29) is 11.9 Å². The number of fused-ring (bicyclic) bond motifs is 1. The highest BCUT2D eigenvalue weighted by Crippen LogP contribution is 2.38. The lowest BCUT2D eigenvalue weighted by atomic mass is 9.92. The first-order valence-electron chi connectivity index (χ1n) is 9.21. The van der Waals surface area contributed by atoms with Gasteiger partial charge >= 0.3 is 0 Å². The smallest absolute Gasteiger partial charge is 0.254 e. The van der Waals surface area contributed by atoms with Crippen molar-refractivity contribution in [3.05, 3.63) is 57.3 Å². The fourth-order valence-electron chi connectivity index (χ4n) is 4.02. The molecule has 1 aromatic heterocycles. The van der Waals surface area contributed by atoms with Gasteiger partial charge in [0.1, 0.15) is 11.9 Å². The van der Waals surface area contributed by atoms with Crippen LogP contribution in [0.2, 0.25) is 10.0 Å². The number of hydrogen-bond donors (Lipinski definition) is 1. The number of piperidine rings is 1. The molecule has 1 amide bonds. The van der Waals surface area contributed by atoms with Gasteiger partial charge in [-0.05, 0) is 43.4 Å². The third-order valence-corrected chi connectivity index (χ3v) is 6.08. The second kappa shape index (κ2) is 7.21. The number of allylic oxidation sites excluding steroid dienone is 1. The second-order valence-corrected chi connectivity index (χ2v) is 8.21. The van der Waals surface area contributed by atoms with E-state index in [1.807, 2.05) is 34.7 Å². The molecule has 142 valence electrons. The van der Waals surface area contributed by atoms with Crippen molar-refractivity contribution >= 4 is 34.9 Å². The first kappa shape index (κ1) is 18.4. The number of carbonyl (C=O) groups is 1. The first-order chi connectivity index (χ1) is 13.0. The summed E-state index contributed by atoms with van der Waals surface area (Å²) >= 11 is 12.4. The molecule has 2 atom stereocenters. The van der Waals surface area contributed by atoms with Crippen LogP contribution in [-0.4, -0.2) is 33.7 Å². The molecule has 1 N–H and O–H groups in total. The van der Waals surface area contributed by atoms with Crippen molar-refractivity contribution in [2.75, 3.05) is 18.4 Å². The summed E-state index contributed by atoms with van der Waals surface area (Å²) < 4.78 is 1.84. The number of benzene rings is 1. The maximum absolute atomic E-state index is 13.5. The highest BCUT2D eigenvalue weighted by molar-refractivity contribution is 6.42. The van der Waals surface area contributed by atoms with Crippen LogP contribution in [0.5, 0.6) is 0 Å². The van der Waals surface area contributed by atoms with E-state index in [0.29, 0.717) is 21.5 Å². The summed E-state index contributed by atoms with van der Waals surface area (Å²) in [6.07, 6.45) is 3.94. The Morgan fingerprint density at radius 3 is 2.81 bits per heavy atom. The zero-order valence-corrected chi connectivity index (χ0v) is 16.9. The average Bonchev–Trinajstić information content (AvgIpc) is 3.10. The highest BCUT2D eigenvalue weighted by Gasteiger charge is 2.36. The van der Waals surface area contributed by atoms with Gasteiger partial charge in [-0.3, -0.25) is 4.79 Å². The molecule has 0 spiro atoms. The minimum atomic E-state index is -0.337. The van der Waals surface area contributed by atoms with Gasteiger partial charge in [0.2, 0.25) is 0 Å². The van der Waals surface area contributed by atoms with Crippen LogP contribution in [0, 0.1) is 5.92 Å². The van der Waals surface area contributed by atoms with Gasteiger partial charge in [0.05, 0.1) is 21.8 Å². The lowest BCUT2D eigenvalue weighted by Gasteiger charge is -2.36. The zero-order valence-electron chi connectivity index (χ0n) is 15.4. The molecule has 1 fully saturated rings. The lowest BCUT2D eigenvalue weighted by Crippen LogP contribution is -2.43. The molecule has 4 rings (SSSR count). The number of likely N-dealkylation sites (tertiary alicyclic amines) is 1. The molecule has 2 aliphatic heterocycles. The van der Waals surface area contributed by atoms with Gasteiger partial charge in [-0.15, -0.1) is 0 Å². The molecule has 0 bridgehead atoms. The Morgan fingerprint density at radius 2 is 2.07 bits per heavy atom. The summed E-state index contributed by atoms with van der Waals surface area (Å²) in [6, 6.07) is 7.07. The third-order valence-electron chi connectivity index (χ3n) is 5.34. The molecule has 0 saturated carbocycles. The summed E-state index contributed by atoms with van der Waals surface area (Å²) in [5.74, 6) is 1.43. The molecule has 5 nitrogen and oxygen atoms in total. The Labute approximate surface area is 168 Å². The number of nitrogens with one attached hydrogen (secondary N) is 1. The Bertz CT molecular complexity index is 920. The Kier molecular flexibility index (Phi) is 4.91. The third kappa shape index (κ3) is 3.34. The van der Waals surface area contributed by atoms with E-state index in [1.54, 1.807) is 12.3 Å². The zero-order chi connectivity index (χ0) is 19.1. The maximum Gasteiger partial charge on any atom is 0.254 e. The van der Waals surface area contributed by atoms with E-state index in [9.17, 15) is 4.79 Å². The quantitative estimate of drug-likeness (QED) is 0.786. The van der Waals surface area contributed by atoms with Gasteiger partial charge in [-0.2, -0.15) is 5.10 Å². The monoisotopic (exact) mass is 404 g/mol. The average molecular weight is 405 g/mol. The van der Waals surface area contributed by atoms with Gasteiger partial charge < -0.3 is 10.2 Å². The Hall–Kier alpha value is -1.98. The van der Waals surface area contributed by atoms with E-state index in [4.69, 9.17) is 23.2 Å². The fourth-order valence-corrected chi connectivity index (χ4v) is 4.32. The van der Waals surface area contributed by atoms with Crippen LogP contribution in [0.1, 0.15) is 38.3 Å². The van der Waals surface area contributed by atoms with Crippen molar-refractivity contribution in [3.8, 4) is 0 Å². The normalized spacial score (nSPS) is 22.4. The minimum Gasteiger partial charge on any atom is -0.344 e. The van der Waals surface area contributed by atoms with Gasteiger partial charge in [0.25, 0.3) is 5.91 Å². The van der Waals surface area contributed by atoms with Crippen molar-refractivity contribution < 1.29 is 4.79 Å².